The molecule has 0 aliphatic carbocycles. The van der Waals surface area contributed by atoms with Crippen LogP contribution in [0.25, 0.3) is 0 Å². The van der Waals surface area contributed by atoms with Crippen LogP contribution in [-0.2, 0) is 6.54 Å². The Kier molecular flexibility index (Phi) is 9.94. The average molecular weight is 407 g/mol. The second-order valence-electron chi connectivity index (χ2n) is 5.05. The number of phenols is 1. The van der Waals surface area contributed by atoms with Crippen molar-refractivity contribution in [1.82, 2.24) is 5.32 Å². The Labute approximate surface area is 144 Å². The fourth-order valence-electron chi connectivity index (χ4n) is 1.65. The second kappa shape index (κ2) is 10.5. The number of ether oxygens (including phenoxy) is 1. The van der Waals surface area contributed by atoms with Gasteiger partial charge in [-0.25, -0.2) is 4.99 Å². The highest BCUT2D eigenvalue weighted by Crippen LogP contribution is 2.26. The number of guanidine groups is 1. The lowest BCUT2D eigenvalue weighted by atomic mass is 10.1. The van der Waals surface area contributed by atoms with Gasteiger partial charge in [-0.15, -0.1) is 24.0 Å². The molecule has 0 atom stereocenters. The summed E-state index contributed by atoms with van der Waals surface area (Å²) >= 11 is 0. The van der Waals surface area contributed by atoms with Crippen molar-refractivity contribution in [2.75, 3.05) is 13.2 Å². The summed E-state index contributed by atoms with van der Waals surface area (Å²) in [4.78, 5) is 4.27. The first-order valence-electron chi connectivity index (χ1n) is 7.01. The summed E-state index contributed by atoms with van der Waals surface area (Å²) in [5, 5.41) is 12.7. The Hall–Kier alpha value is -1.18. The molecule has 0 aliphatic heterocycles. The van der Waals surface area contributed by atoms with E-state index in [1.807, 2.05) is 13.0 Å². The van der Waals surface area contributed by atoms with Crippen LogP contribution in [0.1, 0.15) is 32.8 Å². The predicted octanol–water partition coefficient (Wildman–Crippen LogP) is 2.86. The van der Waals surface area contributed by atoms with Crippen molar-refractivity contribution >= 4 is 29.9 Å². The van der Waals surface area contributed by atoms with Crippen LogP contribution < -0.4 is 15.8 Å². The third-order valence-electron chi connectivity index (χ3n) is 2.78. The van der Waals surface area contributed by atoms with E-state index in [-0.39, 0.29) is 29.7 Å². The van der Waals surface area contributed by atoms with Crippen LogP contribution in [0, 0.1) is 5.92 Å². The molecule has 4 N–H and O–H groups in total. The van der Waals surface area contributed by atoms with Gasteiger partial charge < -0.3 is 20.9 Å². The maximum Gasteiger partial charge on any atom is 0.188 e. The van der Waals surface area contributed by atoms with Gasteiger partial charge in [0.05, 0.1) is 13.2 Å². The molecule has 0 heterocycles. The number of aromatic hydroxyl groups is 1. The molecule has 6 heteroatoms. The molecule has 1 rings (SSSR count). The molecule has 0 amide bonds. The third kappa shape index (κ3) is 7.99. The summed E-state index contributed by atoms with van der Waals surface area (Å²) in [6.45, 7) is 8.01. The molecule has 0 radical (unpaired) electrons. The van der Waals surface area contributed by atoms with Gasteiger partial charge in [0.15, 0.2) is 17.5 Å². The van der Waals surface area contributed by atoms with Gasteiger partial charge in [-0.3, -0.25) is 0 Å². The molecule has 0 saturated carbocycles. The van der Waals surface area contributed by atoms with E-state index in [1.165, 1.54) is 0 Å². The number of halogens is 1. The topological polar surface area (TPSA) is 79.9 Å². The highest BCUT2D eigenvalue weighted by atomic mass is 127. The molecule has 0 aliphatic rings. The number of nitrogens with two attached hydrogens (primary N) is 1. The van der Waals surface area contributed by atoms with E-state index in [9.17, 15) is 5.11 Å². The second-order valence-corrected chi connectivity index (χ2v) is 5.05. The van der Waals surface area contributed by atoms with E-state index in [1.54, 1.807) is 12.1 Å². The van der Waals surface area contributed by atoms with Gasteiger partial charge in [-0.1, -0.05) is 19.9 Å². The standard InChI is InChI=1S/C15H25N3O2.HI/c1-4-20-14-9-12(5-6-13(14)19)10-18-15(16)17-8-7-11(2)3;/h5-6,9,11,19H,4,7-8,10H2,1-3H3,(H3,16,17,18);1H. The normalized spacial score (nSPS) is 11.1. The Bertz CT molecular complexity index is 451. The summed E-state index contributed by atoms with van der Waals surface area (Å²) in [7, 11) is 0. The van der Waals surface area contributed by atoms with Crippen LogP contribution in [0.5, 0.6) is 11.5 Å². The number of phenolic OH excluding ortho intramolecular Hbond substituents is 1. The van der Waals surface area contributed by atoms with Gasteiger partial charge in [0, 0.05) is 6.54 Å². The van der Waals surface area contributed by atoms with Gasteiger partial charge in [-0.2, -0.15) is 0 Å². The fourth-order valence-corrected chi connectivity index (χ4v) is 1.65. The smallest absolute Gasteiger partial charge is 0.188 e. The van der Waals surface area contributed by atoms with E-state index < -0.39 is 0 Å². The van der Waals surface area contributed by atoms with E-state index in [4.69, 9.17) is 10.5 Å². The first kappa shape index (κ1) is 19.8. The van der Waals surface area contributed by atoms with Gasteiger partial charge in [0.2, 0.25) is 0 Å². The lowest BCUT2D eigenvalue weighted by Crippen LogP contribution is -2.32. The Balaban J connectivity index is 0.00000400. The molecule has 0 unspecified atom stereocenters. The third-order valence-corrected chi connectivity index (χ3v) is 2.78. The zero-order valence-corrected chi connectivity index (χ0v) is 15.3. The van der Waals surface area contributed by atoms with E-state index in [0.717, 1.165) is 18.5 Å². The fraction of sp³-hybridized carbons (Fsp3) is 0.533. The van der Waals surface area contributed by atoms with Crippen LogP contribution in [0.2, 0.25) is 0 Å². The average Bonchev–Trinajstić information content (AvgIpc) is 2.39. The van der Waals surface area contributed by atoms with Gasteiger partial charge in [-0.05, 0) is 37.0 Å². The summed E-state index contributed by atoms with van der Waals surface area (Å²) in [5.74, 6) is 1.70. The van der Waals surface area contributed by atoms with Gasteiger partial charge in [0.25, 0.3) is 0 Å². The molecule has 1 aromatic rings. The highest BCUT2D eigenvalue weighted by molar-refractivity contribution is 14.0. The summed E-state index contributed by atoms with van der Waals surface area (Å²) < 4.78 is 5.33. The molecule has 21 heavy (non-hydrogen) atoms. The van der Waals surface area contributed by atoms with Crippen LogP contribution in [0.15, 0.2) is 23.2 Å². The van der Waals surface area contributed by atoms with E-state index >= 15 is 0 Å². The number of nitrogens with one attached hydrogen (secondary N) is 1. The molecule has 0 bridgehead atoms. The summed E-state index contributed by atoms with van der Waals surface area (Å²) in [6, 6.07) is 5.20. The molecular weight excluding hydrogens is 381 g/mol. The minimum absolute atomic E-state index is 0. The molecule has 0 saturated heterocycles. The number of aliphatic imine (C=N–C) groups is 1. The molecule has 120 valence electrons. The summed E-state index contributed by atoms with van der Waals surface area (Å²) in [5.41, 5.74) is 6.74. The van der Waals surface area contributed by atoms with Crippen LogP contribution in [0.3, 0.4) is 0 Å². The number of hydrogen-bond acceptors (Lipinski definition) is 3. The largest absolute Gasteiger partial charge is 0.504 e. The van der Waals surface area contributed by atoms with Crippen molar-refractivity contribution in [3.8, 4) is 11.5 Å². The van der Waals surface area contributed by atoms with Crippen molar-refractivity contribution in [2.24, 2.45) is 16.6 Å². The van der Waals surface area contributed by atoms with Crippen molar-refractivity contribution in [2.45, 2.75) is 33.7 Å². The van der Waals surface area contributed by atoms with Crippen LogP contribution in [-0.4, -0.2) is 24.2 Å². The van der Waals surface area contributed by atoms with Crippen molar-refractivity contribution < 1.29 is 9.84 Å². The Morgan fingerprint density at radius 2 is 2.14 bits per heavy atom. The van der Waals surface area contributed by atoms with Gasteiger partial charge in [0.1, 0.15) is 0 Å². The maximum absolute atomic E-state index is 9.61. The van der Waals surface area contributed by atoms with Gasteiger partial charge >= 0.3 is 0 Å². The minimum atomic E-state index is 0. The monoisotopic (exact) mass is 407 g/mol. The molecule has 1 aromatic carbocycles. The quantitative estimate of drug-likeness (QED) is 0.369. The predicted molar refractivity (Wildman–Crippen MR) is 97.5 cm³/mol. The molecular formula is C15H26IN3O2. The van der Waals surface area contributed by atoms with Crippen molar-refractivity contribution in [3.05, 3.63) is 23.8 Å². The number of hydrogen-bond donors (Lipinski definition) is 3. The number of benzene rings is 1. The van der Waals surface area contributed by atoms with Crippen molar-refractivity contribution in [1.29, 1.82) is 0 Å². The lowest BCUT2D eigenvalue weighted by Gasteiger charge is -2.09. The van der Waals surface area contributed by atoms with E-state index in [2.05, 4.69) is 24.2 Å². The molecule has 0 spiro atoms. The first-order valence-corrected chi connectivity index (χ1v) is 7.01. The number of nitrogens with zero attached hydrogens (tertiary/aromatic N) is 1. The SMILES string of the molecule is CCOc1cc(CN=C(N)NCCC(C)C)ccc1O.I. The highest BCUT2D eigenvalue weighted by Gasteiger charge is 2.03. The first-order chi connectivity index (χ1) is 9.52. The lowest BCUT2D eigenvalue weighted by molar-refractivity contribution is 0.318. The molecule has 0 aromatic heterocycles. The zero-order valence-electron chi connectivity index (χ0n) is 12.9. The Morgan fingerprint density at radius 3 is 2.76 bits per heavy atom. The molecule has 5 nitrogen and oxygen atoms in total. The number of rotatable bonds is 7. The minimum Gasteiger partial charge on any atom is -0.504 e. The van der Waals surface area contributed by atoms with Crippen molar-refractivity contribution in [3.63, 3.8) is 0 Å². The maximum atomic E-state index is 9.61. The zero-order chi connectivity index (χ0) is 15.0. The Morgan fingerprint density at radius 1 is 1.43 bits per heavy atom. The van der Waals surface area contributed by atoms with Crippen LogP contribution in [0.4, 0.5) is 0 Å². The van der Waals surface area contributed by atoms with E-state index in [0.29, 0.717) is 30.8 Å². The summed E-state index contributed by atoms with van der Waals surface area (Å²) in [6.07, 6.45) is 1.06. The molecule has 0 fully saturated rings. The van der Waals surface area contributed by atoms with Crippen LogP contribution >= 0.6 is 24.0 Å².